The summed E-state index contributed by atoms with van der Waals surface area (Å²) in [4.78, 5) is 8.92. The monoisotopic (exact) mass is 288 g/mol. The number of hydrazine groups is 1. The van der Waals surface area contributed by atoms with E-state index in [-0.39, 0.29) is 0 Å². The number of hydrogen-bond donors (Lipinski definition) is 2. The van der Waals surface area contributed by atoms with Crippen LogP contribution in [-0.2, 0) is 12.2 Å². The molecule has 2 aromatic rings. The predicted octanol–water partition coefficient (Wildman–Crippen LogP) is 3.32. The Bertz CT molecular complexity index is 572. The SMILES string of the molecule is CCCc1nc(NN)cc(SCc2cccc(C)c2)n1. The minimum atomic E-state index is 0.676. The molecule has 5 heteroatoms. The highest BCUT2D eigenvalue weighted by Gasteiger charge is 2.05. The molecule has 4 nitrogen and oxygen atoms in total. The van der Waals surface area contributed by atoms with Gasteiger partial charge in [0.05, 0.1) is 0 Å². The minimum absolute atomic E-state index is 0.676. The highest BCUT2D eigenvalue weighted by atomic mass is 32.2. The molecule has 106 valence electrons. The summed E-state index contributed by atoms with van der Waals surface area (Å²) < 4.78 is 0. The quantitative estimate of drug-likeness (QED) is 0.369. The fourth-order valence-electron chi connectivity index (χ4n) is 1.92. The number of nitrogen functional groups attached to an aromatic ring is 1. The van der Waals surface area contributed by atoms with E-state index in [4.69, 9.17) is 5.84 Å². The average Bonchev–Trinajstić information content (AvgIpc) is 2.45. The van der Waals surface area contributed by atoms with E-state index in [9.17, 15) is 0 Å². The summed E-state index contributed by atoms with van der Waals surface area (Å²) in [6.07, 6.45) is 1.89. The molecular formula is C15H20N4S. The van der Waals surface area contributed by atoms with Gasteiger partial charge < -0.3 is 5.43 Å². The summed E-state index contributed by atoms with van der Waals surface area (Å²) in [5.41, 5.74) is 5.19. The molecule has 0 atom stereocenters. The Balaban J connectivity index is 2.10. The molecule has 1 aromatic heterocycles. The molecule has 0 aliphatic heterocycles. The maximum Gasteiger partial charge on any atom is 0.144 e. The van der Waals surface area contributed by atoms with E-state index in [2.05, 4.69) is 53.5 Å². The van der Waals surface area contributed by atoms with Gasteiger partial charge in [0.1, 0.15) is 16.7 Å². The van der Waals surface area contributed by atoms with Crippen LogP contribution in [0.2, 0.25) is 0 Å². The largest absolute Gasteiger partial charge is 0.308 e. The number of rotatable bonds is 6. The van der Waals surface area contributed by atoms with Crippen molar-refractivity contribution in [1.82, 2.24) is 9.97 Å². The predicted molar refractivity (Wildman–Crippen MR) is 84.6 cm³/mol. The molecule has 20 heavy (non-hydrogen) atoms. The second-order valence-corrected chi connectivity index (χ2v) is 5.68. The number of aryl methyl sites for hydroxylation is 2. The molecular weight excluding hydrogens is 268 g/mol. The van der Waals surface area contributed by atoms with E-state index in [0.717, 1.165) is 29.4 Å². The van der Waals surface area contributed by atoms with Gasteiger partial charge in [-0.2, -0.15) is 0 Å². The van der Waals surface area contributed by atoms with Gasteiger partial charge in [0, 0.05) is 18.2 Å². The van der Waals surface area contributed by atoms with E-state index < -0.39 is 0 Å². The average molecular weight is 288 g/mol. The zero-order valence-corrected chi connectivity index (χ0v) is 12.7. The van der Waals surface area contributed by atoms with Crippen LogP contribution >= 0.6 is 11.8 Å². The van der Waals surface area contributed by atoms with Crippen LogP contribution in [0.5, 0.6) is 0 Å². The number of thioether (sulfide) groups is 1. The number of nitrogens with zero attached hydrogens (tertiary/aromatic N) is 2. The Morgan fingerprint density at radius 3 is 2.80 bits per heavy atom. The summed E-state index contributed by atoms with van der Waals surface area (Å²) in [7, 11) is 0. The van der Waals surface area contributed by atoms with Gasteiger partial charge >= 0.3 is 0 Å². The lowest BCUT2D eigenvalue weighted by atomic mass is 10.2. The molecule has 0 aliphatic carbocycles. The fraction of sp³-hybridized carbons (Fsp3) is 0.333. The molecule has 0 spiro atoms. The maximum absolute atomic E-state index is 5.46. The van der Waals surface area contributed by atoms with E-state index in [1.165, 1.54) is 11.1 Å². The van der Waals surface area contributed by atoms with Crippen molar-refractivity contribution >= 4 is 17.6 Å². The van der Waals surface area contributed by atoms with Crippen LogP contribution in [0.1, 0.15) is 30.3 Å². The van der Waals surface area contributed by atoms with Crippen LogP contribution in [0.3, 0.4) is 0 Å². The fourth-order valence-corrected chi connectivity index (χ4v) is 2.77. The summed E-state index contributed by atoms with van der Waals surface area (Å²) in [5, 5.41) is 0.956. The molecule has 0 fully saturated rings. The Morgan fingerprint density at radius 1 is 1.25 bits per heavy atom. The first kappa shape index (κ1) is 14.8. The van der Waals surface area contributed by atoms with Gasteiger partial charge in [0.25, 0.3) is 0 Å². The van der Waals surface area contributed by atoms with Crippen LogP contribution in [0, 0.1) is 6.92 Å². The third-order valence-electron chi connectivity index (χ3n) is 2.84. The van der Waals surface area contributed by atoms with Crippen molar-refractivity contribution in [3.63, 3.8) is 0 Å². The number of nitrogens with two attached hydrogens (primary N) is 1. The van der Waals surface area contributed by atoms with Crippen molar-refractivity contribution in [1.29, 1.82) is 0 Å². The van der Waals surface area contributed by atoms with E-state index in [1.54, 1.807) is 11.8 Å². The summed E-state index contributed by atoms with van der Waals surface area (Å²) in [5.74, 6) is 7.88. The summed E-state index contributed by atoms with van der Waals surface area (Å²) in [6, 6.07) is 10.4. The molecule has 0 amide bonds. The van der Waals surface area contributed by atoms with Crippen molar-refractivity contribution in [2.24, 2.45) is 5.84 Å². The van der Waals surface area contributed by atoms with Crippen molar-refractivity contribution in [2.75, 3.05) is 5.43 Å². The third-order valence-corrected chi connectivity index (χ3v) is 3.82. The Hall–Kier alpha value is -1.59. The van der Waals surface area contributed by atoms with Gasteiger partial charge in [-0.25, -0.2) is 15.8 Å². The first-order chi connectivity index (χ1) is 9.71. The number of hydrogen-bond acceptors (Lipinski definition) is 5. The summed E-state index contributed by atoms with van der Waals surface area (Å²) >= 11 is 1.71. The zero-order valence-electron chi connectivity index (χ0n) is 11.9. The number of anilines is 1. The molecule has 1 aromatic carbocycles. The van der Waals surface area contributed by atoms with Crippen molar-refractivity contribution < 1.29 is 0 Å². The lowest BCUT2D eigenvalue weighted by Gasteiger charge is -2.07. The van der Waals surface area contributed by atoms with Gasteiger partial charge in [-0.15, -0.1) is 11.8 Å². The lowest BCUT2D eigenvalue weighted by molar-refractivity contribution is 0.810. The van der Waals surface area contributed by atoms with Crippen molar-refractivity contribution in [2.45, 2.75) is 37.5 Å². The molecule has 0 unspecified atom stereocenters. The number of aromatic nitrogens is 2. The van der Waals surface area contributed by atoms with Crippen molar-refractivity contribution in [3.05, 3.63) is 47.3 Å². The van der Waals surface area contributed by atoms with Gasteiger partial charge in [0.2, 0.25) is 0 Å². The molecule has 0 radical (unpaired) electrons. The highest BCUT2D eigenvalue weighted by Crippen LogP contribution is 2.23. The van der Waals surface area contributed by atoms with Gasteiger partial charge in [-0.1, -0.05) is 36.8 Å². The molecule has 0 saturated heterocycles. The number of nitrogens with one attached hydrogen (secondary N) is 1. The molecule has 0 bridgehead atoms. The van der Waals surface area contributed by atoms with Crippen LogP contribution < -0.4 is 11.3 Å². The maximum atomic E-state index is 5.46. The minimum Gasteiger partial charge on any atom is -0.308 e. The Kier molecular flexibility index (Phi) is 5.38. The molecule has 0 aliphatic rings. The number of benzene rings is 1. The normalized spacial score (nSPS) is 10.6. The van der Waals surface area contributed by atoms with E-state index in [1.807, 2.05) is 6.07 Å². The van der Waals surface area contributed by atoms with Crippen LogP contribution in [0.4, 0.5) is 5.82 Å². The lowest BCUT2D eigenvalue weighted by Crippen LogP contribution is -2.10. The van der Waals surface area contributed by atoms with E-state index in [0.29, 0.717) is 5.82 Å². The Labute approximate surface area is 124 Å². The van der Waals surface area contributed by atoms with E-state index >= 15 is 0 Å². The molecule has 2 rings (SSSR count). The summed E-state index contributed by atoms with van der Waals surface area (Å²) in [6.45, 7) is 4.22. The first-order valence-corrected chi connectivity index (χ1v) is 7.72. The Morgan fingerprint density at radius 2 is 2.10 bits per heavy atom. The second-order valence-electron chi connectivity index (χ2n) is 4.68. The third kappa shape index (κ3) is 4.21. The highest BCUT2D eigenvalue weighted by molar-refractivity contribution is 7.98. The van der Waals surface area contributed by atoms with Gasteiger partial charge in [-0.05, 0) is 18.9 Å². The molecule has 1 heterocycles. The zero-order chi connectivity index (χ0) is 14.4. The topological polar surface area (TPSA) is 63.8 Å². The van der Waals surface area contributed by atoms with Crippen LogP contribution in [0.15, 0.2) is 35.4 Å². The van der Waals surface area contributed by atoms with Crippen LogP contribution in [-0.4, -0.2) is 9.97 Å². The molecule has 0 saturated carbocycles. The van der Waals surface area contributed by atoms with Gasteiger partial charge in [-0.3, -0.25) is 0 Å². The molecule has 3 N–H and O–H groups in total. The standard InChI is InChI=1S/C15H20N4S/c1-3-5-13-17-14(19-16)9-15(18-13)20-10-12-7-4-6-11(2)8-12/h4,6-9H,3,5,10,16H2,1-2H3,(H,17,18,19). The van der Waals surface area contributed by atoms with Crippen LogP contribution in [0.25, 0.3) is 0 Å². The van der Waals surface area contributed by atoms with Crippen molar-refractivity contribution in [3.8, 4) is 0 Å². The smallest absolute Gasteiger partial charge is 0.144 e. The second kappa shape index (κ2) is 7.26. The first-order valence-electron chi connectivity index (χ1n) is 6.74. The van der Waals surface area contributed by atoms with Gasteiger partial charge in [0.15, 0.2) is 0 Å².